The molecule has 0 radical (unpaired) electrons. The van der Waals surface area contributed by atoms with E-state index in [1.54, 1.807) is 0 Å². The molecule has 1 heterocycles. The Bertz CT molecular complexity index is 723. The van der Waals surface area contributed by atoms with Crippen molar-refractivity contribution in [2.24, 2.45) is 0 Å². The fourth-order valence-corrected chi connectivity index (χ4v) is 3.05. The first-order valence-corrected chi connectivity index (χ1v) is 8.46. The van der Waals surface area contributed by atoms with Crippen molar-refractivity contribution in [3.8, 4) is 23.3 Å². The molecule has 0 aromatic heterocycles. The summed E-state index contributed by atoms with van der Waals surface area (Å²) < 4.78 is 5.94. The fraction of sp³-hybridized carbons (Fsp3) is 0.333. The lowest BCUT2D eigenvalue weighted by Gasteiger charge is -2.34. The number of benzene rings is 2. The Morgan fingerprint density at radius 2 is 1.46 bits per heavy atom. The molecule has 3 nitrogen and oxygen atoms in total. The summed E-state index contributed by atoms with van der Waals surface area (Å²) in [6, 6.07) is 15.3. The predicted molar refractivity (Wildman–Crippen MR) is 96.1 cm³/mol. The van der Waals surface area contributed by atoms with Gasteiger partial charge in [0.1, 0.15) is 17.1 Å². The molecule has 0 amide bonds. The molecule has 0 unspecified atom stereocenters. The molecule has 0 aliphatic carbocycles. The normalized spacial score (nSPS) is 14.2. The molecular formula is C21H23NO2. The van der Waals surface area contributed by atoms with E-state index >= 15 is 0 Å². The first-order chi connectivity index (χ1) is 11.7. The lowest BCUT2D eigenvalue weighted by atomic mass is 9.81. The van der Waals surface area contributed by atoms with Gasteiger partial charge in [-0.3, -0.25) is 4.90 Å². The van der Waals surface area contributed by atoms with Gasteiger partial charge in [0.25, 0.3) is 0 Å². The third-order valence-electron chi connectivity index (χ3n) is 4.55. The topological polar surface area (TPSA) is 32.7 Å². The van der Waals surface area contributed by atoms with Crippen LogP contribution in [0.5, 0.6) is 11.5 Å². The van der Waals surface area contributed by atoms with E-state index in [-0.39, 0.29) is 0 Å². The number of rotatable bonds is 4. The molecule has 0 spiro atoms. The average Bonchev–Trinajstić information content (AvgIpc) is 2.62. The number of para-hydroxylation sites is 2. The van der Waals surface area contributed by atoms with Crippen LogP contribution in [0.25, 0.3) is 0 Å². The lowest BCUT2D eigenvalue weighted by molar-refractivity contribution is 0.0750. The third-order valence-corrected chi connectivity index (χ3v) is 4.55. The maximum Gasteiger partial charge on any atom is 0.133 e. The Morgan fingerprint density at radius 3 is 2.00 bits per heavy atom. The summed E-state index contributed by atoms with van der Waals surface area (Å²) >= 11 is 0. The Balaban J connectivity index is 1.92. The zero-order chi connectivity index (χ0) is 17.0. The minimum Gasteiger partial charge on any atom is -0.457 e. The van der Waals surface area contributed by atoms with E-state index in [0.29, 0.717) is 17.9 Å². The molecule has 24 heavy (non-hydrogen) atoms. The van der Waals surface area contributed by atoms with E-state index in [2.05, 4.69) is 30.6 Å². The van der Waals surface area contributed by atoms with Crippen molar-refractivity contribution in [3.05, 3.63) is 59.7 Å². The molecule has 0 fully saturated rings. The zero-order valence-corrected chi connectivity index (χ0v) is 14.2. The molecule has 3 rings (SSSR count). The van der Waals surface area contributed by atoms with Crippen molar-refractivity contribution < 1.29 is 9.84 Å². The molecule has 124 valence electrons. The monoisotopic (exact) mass is 321 g/mol. The zero-order valence-electron chi connectivity index (χ0n) is 14.2. The smallest absolute Gasteiger partial charge is 0.133 e. The predicted octanol–water partition coefficient (Wildman–Crippen LogP) is 3.76. The number of aliphatic hydroxyl groups is 1. The van der Waals surface area contributed by atoms with Crippen LogP contribution in [0.3, 0.4) is 0 Å². The largest absolute Gasteiger partial charge is 0.457 e. The van der Waals surface area contributed by atoms with Crippen LogP contribution in [0.2, 0.25) is 0 Å². The lowest BCUT2D eigenvalue weighted by Crippen LogP contribution is -2.30. The summed E-state index contributed by atoms with van der Waals surface area (Å²) in [5, 5.41) is 11.5. The summed E-state index contributed by atoms with van der Waals surface area (Å²) in [6.45, 7) is 6.94. The quantitative estimate of drug-likeness (QED) is 0.870. The first-order valence-electron chi connectivity index (χ1n) is 8.46. The van der Waals surface area contributed by atoms with Crippen molar-refractivity contribution in [2.75, 3.05) is 19.6 Å². The number of ether oxygens (including phenoxy) is 1. The summed E-state index contributed by atoms with van der Waals surface area (Å²) in [6.07, 6.45) is 0.353. The van der Waals surface area contributed by atoms with Crippen LogP contribution in [0, 0.1) is 11.8 Å². The molecule has 0 bridgehead atoms. The van der Waals surface area contributed by atoms with Crippen LogP contribution < -0.4 is 4.74 Å². The van der Waals surface area contributed by atoms with Crippen molar-refractivity contribution in [3.63, 3.8) is 0 Å². The van der Waals surface area contributed by atoms with E-state index in [1.165, 1.54) is 0 Å². The number of hydrogen-bond donors (Lipinski definition) is 1. The van der Waals surface area contributed by atoms with Gasteiger partial charge in [0.15, 0.2) is 0 Å². The second-order valence-electron chi connectivity index (χ2n) is 5.95. The summed E-state index contributed by atoms with van der Waals surface area (Å²) in [5.74, 6) is 7.77. The average molecular weight is 321 g/mol. The van der Waals surface area contributed by atoms with Crippen LogP contribution in [0.15, 0.2) is 48.5 Å². The Kier molecular flexibility index (Phi) is 4.89. The van der Waals surface area contributed by atoms with Gasteiger partial charge < -0.3 is 9.84 Å². The van der Waals surface area contributed by atoms with Gasteiger partial charge in [0, 0.05) is 17.5 Å². The fourth-order valence-electron chi connectivity index (χ4n) is 3.05. The van der Waals surface area contributed by atoms with E-state index in [4.69, 9.17) is 4.74 Å². The van der Waals surface area contributed by atoms with E-state index in [0.717, 1.165) is 30.8 Å². The molecule has 2 aromatic carbocycles. The maximum absolute atomic E-state index is 11.5. The van der Waals surface area contributed by atoms with Gasteiger partial charge in [0.05, 0.1) is 6.54 Å². The molecule has 0 saturated heterocycles. The molecule has 1 aliphatic heterocycles. The molecule has 1 aliphatic rings. The van der Waals surface area contributed by atoms with E-state index < -0.39 is 5.60 Å². The summed E-state index contributed by atoms with van der Waals surface area (Å²) in [4.78, 5) is 2.25. The van der Waals surface area contributed by atoms with Gasteiger partial charge in [-0.25, -0.2) is 0 Å². The van der Waals surface area contributed by atoms with E-state index in [9.17, 15) is 5.11 Å². The van der Waals surface area contributed by atoms with E-state index in [1.807, 2.05) is 48.5 Å². The molecule has 0 atom stereocenters. The Labute approximate surface area is 143 Å². The van der Waals surface area contributed by atoms with Gasteiger partial charge in [-0.2, -0.15) is 0 Å². The molecular weight excluding hydrogens is 298 g/mol. The second-order valence-corrected chi connectivity index (χ2v) is 5.95. The highest BCUT2D eigenvalue weighted by Crippen LogP contribution is 2.47. The Hall–Kier alpha value is -2.28. The maximum atomic E-state index is 11.5. The molecule has 0 saturated carbocycles. The van der Waals surface area contributed by atoms with Crippen LogP contribution in [0.1, 0.15) is 31.4 Å². The standard InChI is InChI=1S/C21H23NO2/c1-3-22(4-2)16-10-9-15-21(23)17-11-5-7-13-19(17)24-20-14-8-6-12-18(20)21/h5-8,11-14,23H,3-4,15-16H2,1-2H3. The minimum absolute atomic E-state index is 0.353. The minimum atomic E-state index is -1.14. The van der Waals surface area contributed by atoms with Gasteiger partial charge in [0.2, 0.25) is 0 Å². The second kappa shape index (κ2) is 7.09. The number of hydrogen-bond acceptors (Lipinski definition) is 3. The summed E-state index contributed by atoms with van der Waals surface area (Å²) in [5.41, 5.74) is 0.420. The molecule has 1 N–H and O–H groups in total. The summed E-state index contributed by atoms with van der Waals surface area (Å²) in [7, 11) is 0. The van der Waals surface area contributed by atoms with Crippen LogP contribution in [-0.2, 0) is 5.60 Å². The van der Waals surface area contributed by atoms with Crippen molar-refractivity contribution in [1.82, 2.24) is 4.90 Å². The SMILES string of the molecule is CCN(CC)CC#CCC1(O)c2ccccc2Oc2ccccc21. The van der Waals surface area contributed by atoms with Gasteiger partial charge >= 0.3 is 0 Å². The van der Waals surface area contributed by atoms with Gasteiger partial charge in [-0.1, -0.05) is 62.1 Å². The highest BCUT2D eigenvalue weighted by molar-refractivity contribution is 5.56. The highest BCUT2D eigenvalue weighted by atomic mass is 16.5. The molecule has 3 heteroatoms. The van der Waals surface area contributed by atoms with Crippen LogP contribution in [-0.4, -0.2) is 29.6 Å². The number of nitrogens with zero attached hydrogens (tertiary/aromatic N) is 1. The van der Waals surface area contributed by atoms with Crippen LogP contribution in [0.4, 0.5) is 0 Å². The molecule has 2 aromatic rings. The van der Waals surface area contributed by atoms with Crippen molar-refractivity contribution >= 4 is 0 Å². The van der Waals surface area contributed by atoms with Crippen LogP contribution >= 0.6 is 0 Å². The van der Waals surface area contributed by atoms with Crippen molar-refractivity contribution in [1.29, 1.82) is 0 Å². The number of fused-ring (bicyclic) bond motifs is 2. The Morgan fingerprint density at radius 1 is 0.917 bits per heavy atom. The third kappa shape index (κ3) is 3.03. The first kappa shape index (κ1) is 16.6. The van der Waals surface area contributed by atoms with Crippen molar-refractivity contribution in [2.45, 2.75) is 25.9 Å². The van der Waals surface area contributed by atoms with Gasteiger partial charge in [-0.15, -0.1) is 0 Å². The highest BCUT2D eigenvalue weighted by Gasteiger charge is 2.39. The van der Waals surface area contributed by atoms with Gasteiger partial charge in [-0.05, 0) is 25.2 Å².